The molecule has 1 rings (SSSR count). The summed E-state index contributed by atoms with van der Waals surface area (Å²) in [5.41, 5.74) is 0.464. The second-order valence-electron chi connectivity index (χ2n) is 4.35. The molecule has 1 aromatic carbocycles. The number of hydrogen-bond acceptors (Lipinski definition) is 3. The third-order valence-corrected chi connectivity index (χ3v) is 2.43. The number of carbonyl (C=O) groups excluding carboxylic acids is 1. The normalized spacial score (nSPS) is 11.7. The van der Waals surface area contributed by atoms with Gasteiger partial charge in [0.1, 0.15) is 5.75 Å². The molecule has 5 heteroatoms. The molecule has 19 heavy (non-hydrogen) atoms. The summed E-state index contributed by atoms with van der Waals surface area (Å²) in [7, 11) is 0. The lowest BCUT2D eigenvalue weighted by Gasteiger charge is -2.12. The van der Waals surface area contributed by atoms with Gasteiger partial charge in [0.25, 0.3) is 5.91 Å². The molecule has 0 saturated heterocycles. The molecule has 0 aliphatic rings. The number of rotatable bonds is 7. The van der Waals surface area contributed by atoms with Gasteiger partial charge in [-0.1, -0.05) is 13.0 Å². The summed E-state index contributed by atoms with van der Waals surface area (Å²) >= 11 is 0. The van der Waals surface area contributed by atoms with E-state index in [0.29, 0.717) is 17.9 Å². The summed E-state index contributed by atoms with van der Waals surface area (Å²) in [6, 6.07) is 6.43. The molecular formula is C14H19NO4. The van der Waals surface area contributed by atoms with E-state index in [-0.39, 0.29) is 12.3 Å². The van der Waals surface area contributed by atoms with Crippen LogP contribution in [0.5, 0.6) is 5.75 Å². The largest absolute Gasteiger partial charge is 0.494 e. The van der Waals surface area contributed by atoms with Gasteiger partial charge in [0.15, 0.2) is 0 Å². The van der Waals surface area contributed by atoms with Crippen LogP contribution in [0, 0.1) is 0 Å². The Morgan fingerprint density at radius 2 is 2.16 bits per heavy atom. The molecule has 5 nitrogen and oxygen atoms in total. The summed E-state index contributed by atoms with van der Waals surface area (Å²) < 4.78 is 5.44. The topological polar surface area (TPSA) is 75.6 Å². The highest BCUT2D eigenvalue weighted by Gasteiger charge is 2.12. The SMILES string of the molecule is CCCOc1cccc(C(=O)NC(C)CC(=O)O)c1. The van der Waals surface area contributed by atoms with Crippen LogP contribution in [0.3, 0.4) is 0 Å². The van der Waals surface area contributed by atoms with Gasteiger partial charge in [-0.2, -0.15) is 0 Å². The van der Waals surface area contributed by atoms with Gasteiger partial charge >= 0.3 is 5.97 Å². The molecule has 0 aliphatic carbocycles. The van der Waals surface area contributed by atoms with Gasteiger partial charge < -0.3 is 15.2 Å². The lowest BCUT2D eigenvalue weighted by molar-refractivity contribution is -0.137. The van der Waals surface area contributed by atoms with Crippen molar-refractivity contribution in [2.75, 3.05) is 6.61 Å². The monoisotopic (exact) mass is 265 g/mol. The Morgan fingerprint density at radius 1 is 1.42 bits per heavy atom. The van der Waals surface area contributed by atoms with Gasteiger partial charge in [-0.15, -0.1) is 0 Å². The Morgan fingerprint density at radius 3 is 2.79 bits per heavy atom. The highest BCUT2D eigenvalue weighted by atomic mass is 16.5. The smallest absolute Gasteiger partial charge is 0.305 e. The quantitative estimate of drug-likeness (QED) is 0.791. The number of amides is 1. The van der Waals surface area contributed by atoms with Gasteiger partial charge in [-0.05, 0) is 31.5 Å². The van der Waals surface area contributed by atoms with Crippen molar-refractivity contribution in [1.82, 2.24) is 5.32 Å². The van der Waals surface area contributed by atoms with Gasteiger partial charge in [0, 0.05) is 11.6 Å². The van der Waals surface area contributed by atoms with Crippen LogP contribution in [-0.2, 0) is 4.79 Å². The van der Waals surface area contributed by atoms with E-state index in [2.05, 4.69) is 5.32 Å². The van der Waals surface area contributed by atoms with E-state index in [1.54, 1.807) is 31.2 Å². The zero-order valence-corrected chi connectivity index (χ0v) is 11.2. The summed E-state index contributed by atoms with van der Waals surface area (Å²) in [5.74, 6) is -0.594. The minimum absolute atomic E-state index is 0.0994. The van der Waals surface area contributed by atoms with Crippen LogP contribution in [0.1, 0.15) is 37.0 Å². The highest BCUT2D eigenvalue weighted by molar-refractivity contribution is 5.94. The Bertz CT molecular complexity index is 445. The first-order chi connectivity index (χ1) is 9.02. The number of carboxylic acids is 1. The van der Waals surface area contributed by atoms with E-state index >= 15 is 0 Å². The van der Waals surface area contributed by atoms with Crippen molar-refractivity contribution in [3.8, 4) is 5.75 Å². The molecule has 0 aliphatic heterocycles. The average molecular weight is 265 g/mol. The first kappa shape index (κ1) is 15.0. The molecule has 0 bridgehead atoms. The van der Waals surface area contributed by atoms with E-state index in [1.165, 1.54) is 0 Å². The van der Waals surface area contributed by atoms with Crippen LogP contribution in [-0.4, -0.2) is 29.6 Å². The van der Waals surface area contributed by atoms with Crippen molar-refractivity contribution in [2.45, 2.75) is 32.7 Å². The van der Waals surface area contributed by atoms with Crippen molar-refractivity contribution in [3.63, 3.8) is 0 Å². The first-order valence-corrected chi connectivity index (χ1v) is 6.28. The Balaban J connectivity index is 2.63. The van der Waals surface area contributed by atoms with E-state index in [4.69, 9.17) is 9.84 Å². The number of benzene rings is 1. The molecular weight excluding hydrogens is 246 g/mol. The lowest BCUT2D eigenvalue weighted by atomic mass is 10.1. The van der Waals surface area contributed by atoms with Gasteiger partial charge in [0.05, 0.1) is 13.0 Å². The molecule has 0 aromatic heterocycles. The van der Waals surface area contributed by atoms with E-state index < -0.39 is 12.0 Å². The summed E-state index contributed by atoms with van der Waals surface area (Å²) in [6.07, 6.45) is 0.795. The molecule has 0 spiro atoms. The minimum atomic E-state index is -0.937. The summed E-state index contributed by atoms with van der Waals surface area (Å²) in [4.78, 5) is 22.4. The van der Waals surface area contributed by atoms with Crippen LogP contribution >= 0.6 is 0 Å². The Kier molecular flexibility index (Phi) is 5.85. The fourth-order valence-electron chi connectivity index (χ4n) is 1.57. The fourth-order valence-corrected chi connectivity index (χ4v) is 1.57. The van der Waals surface area contributed by atoms with Crippen LogP contribution in [0.15, 0.2) is 24.3 Å². The minimum Gasteiger partial charge on any atom is -0.494 e. The van der Waals surface area contributed by atoms with Crippen LogP contribution in [0.25, 0.3) is 0 Å². The van der Waals surface area contributed by atoms with Crippen molar-refractivity contribution >= 4 is 11.9 Å². The van der Waals surface area contributed by atoms with Gasteiger partial charge in [-0.3, -0.25) is 9.59 Å². The van der Waals surface area contributed by atoms with Crippen molar-refractivity contribution in [1.29, 1.82) is 0 Å². The highest BCUT2D eigenvalue weighted by Crippen LogP contribution is 2.13. The van der Waals surface area contributed by atoms with Crippen molar-refractivity contribution in [3.05, 3.63) is 29.8 Å². The van der Waals surface area contributed by atoms with Gasteiger partial charge in [0.2, 0.25) is 0 Å². The molecule has 1 unspecified atom stereocenters. The number of nitrogens with one attached hydrogen (secondary N) is 1. The number of aliphatic carboxylic acids is 1. The van der Waals surface area contributed by atoms with Gasteiger partial charge in [-0.25, -0.2) is 0 Å². The van der Waals surface area contributed by atoms with Crippen molar-refractivity contribution < 1.29 is 19.4 Å². The van der Waals surface area contributed by atoms with Crippen LogP contribution in [0.4, 0.5) is 0 Å². The van der Waals surface area contributed by atoms with Crippen LogP contribution < -0.4 is 10.1 Å². The van der Waals surface area contributed by atoms with Crippen molar-refractivity contribution in [2.24, 2.45) is 0 Å². The Hall–Kier alpha value is -2.04. The third-order valence-electron chi connectivity index (χ3n) is 2.43. The molecule has 0 radical (unpaired) electrons. The van der Waals surface area contributed by atoms with E-state index in [1.807, 2.05) is 6.92 Å². The second kappa shape index (κ2) is 7.41. The summed E-state index contributed by atoms with van der Waals surface area (Å²) in [5, 5.41) is 11.3. The molecule has 2 N–H and O–H groups in total. The maximum atomic E-state index is 11.9. The molecule has 1 amide bonds. The summed E-state index contributed by atoms with van der Waals surface area (Å²) in [6.45, 7) is 4.26. The molecule has 0 heterocycles. The number of carbonyl (C=O) groups is 2. The Labute approximate surface area is 112 Å². The van der Waals surface area contributed by atoms with Crippen LogP contribution in [0.2, 0.25) is 0 Å². The molecule has 104 valence electrons. The molecule has 1 atom stereocenters. The molecule has 0 fully saturated rings. The zero-order chi connectivity index (χ0) is 14.3. The first-order valence-electron chi connectivity index (χ1n) is 6.28. The molecule has 0 saturated carbocycles. The maximum Gasteiger partial charge on any atom is 0.305 e. The fraction of sp³-hybridized carbons (Fsp3) is 0.429. The lowest BCUT2D eigenvalue weighted by Crippen LogP contribution is -2.34. The predicted octanol–water partition coefficient (Wildman–Crippen LogP) is 2.07. The number of ether oxygens (including phenoxy) is 1. The molecule has 1 aromatic rings. The third kappa shape index (κ3) is 5.42. The van der Waals surface area contributed by atoms with E-state index in [9.17, 15) is 9.59 Å². The second-order valence-corrected chi connectivity index (χ2v) is 4.35. The average Bonchev–Trinajstić information content (AvgIpc) is 2.35. The standard InChI is InChI=1S/C14H19NO4/c1-3-7-19-12-6-4-5-11(9-12)14(18)15-10(2)8-13(16)17/h4-6,9-10H,3,7-8H2,1-2H3,(H,15,18)(H,16,17). The van der Waals surface area contributed by atoms with E-state index in [0.717, 1.165) is 6.42 Å². The maximum absolute atomic E-state index is 11.9. The number of hydrogen-bond donors (Lipinski definition) is 2. The predicted molar refractivity (Wildman–Crippen MR) is 71.4 cm³/mol. The number of carboxylic acid groups (broad SMARTS) is 1. The zero-order valence-electron chi connectivity index (χ0n) is 11.2.